The van der Waals surface area contributed by atoms with Gasteiger partial charge in [-0.1, -0.05) is 31.9 Å². The summed E-state index contributed by atoms with van der Waals surface area (Å²) < 4.78 is 16.1. The van der Waals surface area contributed by atoms with E-state index < -0.39 is 12.1 Å². The quantitative estimate of drug-likeness (QED) is 0.854. The number of fused-ring (bicyclic) bond motifs is 1. The molecule has 3 atom stereocenters. The highest BCUT2D eigenvalue weighted by molar-refractivity contribution is 5.82. The second kappa shape index (κ2) is 7.55. The highest BCUT2D eigenvalue weighted by Gasteiger charge is 2.29. The normalized spacial score (nSPS) is 25.6. The van der Waals surface area contributed by atoms with Crippen molar-refractivity contribution in [2.75, 3.05) is 13.2 Å². The van der Waals surface area contributed by atoms with Crippen molar-refractivity contribution in [1.29, 1.82) is 0 Å². The first-order valence-corrected chi connectivity index (χ1v) is 8.48. The van der Waals surface area contributed by atoms with E-state index in [2.05, 4.69) is 12.2 Å². The van der Waals surface area contributed by atoms with Crippen molar-refractivity contribution in [1.82, 2.24) is 5.32 Å². The molecule has 1 saturated carbocycles. The predicted octanol–water partition coefficient (Wildman–Crippen LogP) is 2.06. The van der Waals surface area contributed by atoms with Crippen molar-refractivity contribution >= 4 is 11.9 Å². The van der Waals surface area contributed by atoms with Crippen LogP contribution in [0.15, 0.2) is 24.3 Å². The molecule has 0 radical (unpaired) electrons. The van der Waals surface area contributed by atoms with E-state index in [1.807, 2.05) is 6.07 Å². The molecule has 6 nitrogen and oxygen atoms in total. The molecule has 1 N–H and O–H groups in total. The van der Waals surface area contributed by atoms with Crippen molar-refractivity contribution in [3.05, 3.63) is 24.3 Å². The van der Waals surface area contributed by atoms with E-state index in [0.29, 0.717) is 17.4 Å². The largest absolute Gasteiger partial charge is 0.485 e. The molecular weight excluding hydrogens is 310 g/mol. The number of hydrogen-bond donors (Lipinski definition) is 1. The lowest BCUT2D eigenvalue weighted by atomic mass is 9.86. The number of rotatable bonds is 4. The molecule has 0 spiro atoms. The molecule has 0 bridgehead atoms. The van der Waals surface area contributed by atoms with Crippen LogP contribution >= 0.6 is 0 Å². The molecular formula is C18H23NO5. The molecule has 24 heavy (non-hydrogen) atoms. The third-order valence-electron chi connectivity index (χ3n) is 4.57. The van der Waals surface area contributed by atoms with Crippen LogP contribution in [0.25, 0.3) is 0 Å². The maximum atomic E-state index is 12.1. The summed E-state index contributed by atoms with van der Waals surface area (Å²) in [6, 6.07) is 7.30. The smallest absolute Gasteiger partial charge is 0.351 e. The van der Waals surface area contributed by atoms with E-state index in [4.69, 9.17) is 14.2 Å². The van der Waals surface area contributed by atoms with Crippen molar-refractivity contribution in [2.24, 2.45) is 5.92 Å². The zero-order valence-corrected chi connectivity index (χ0v) is 13.8. The second-order valence-corrected chi connectivity index (χ2v) is 6.41. The summed E-state index contributed by atoms with van der Waals surface area (Å²) in [6.07, 6.45) is 3.60. The van der Waals surface area contributed by atoms with Gasteiger partial charge in [-0.15, -0.1) is 0 Å². The molecule has 2 aliphatic rings. The first kappa shape index (κ1) is 16.6. The Labute approximate surface area is 141 Å². The number of benzene rings is 1. The highest BCUT2D eigenvalue weighted by atomic mass is 16.6. The monoisotopic (exact) mass is 333 g/mol. The summed E-state index contributed by atoms with van der Waals surface area (Å²) in [4.78, 5) is 24.0. The van der Waals surface area contributed by atoms with Crippen LogP contribution in [-0.4, -0.2) is 37.2 Å². The third-order valence-corrected chi connectivity index (χ3v) is 4.57. The van der Waals surface area contributed by atoms with Crippen LogP contribution < -0.4 is 14.8 Å². The molecule has 0 aromatic heterocycles. The molecule has 1 aliphatic heterocycles. The van der Waals surface area contributed by atoms with Crippen LogP contribution in [0.1, 0.15) is 32.6 Å². The molecule has 0 unspecified atom stereocenters. The lowest BCUT2D eigenvalue weighted by molar-refractivity contribution is -0.158. The number of carbonyl (C=O) groups is 2. The number of hydrogen-bond acceptors (Lipinski definition) is 5. The molecule has 3 rings (SSSR count). The van der Waals surface area contributed by atoms with Gasteiger partial charge in [-0.05, 0) is 30.9 Å². The minimum Gasteiger partial charge on any atom is -0.485 e. The average molecular weight is 333 g/mol. The van der Waals surface area contributed by atoms with Gasteiger partial charge >= 0.3 is 5.97 Å². The Hall–Kier alpha value is -2.24. The zero-order valence-electron chi connectivity index (χ0n) is 13.8. The maximum Gasteiger partial charge on any atom is 0.351 e. The maximum absolute atomic E-state index is 12.1. The molecule has 6 heteroatoms. The van der Waals surface area contributed by atoms with Crippen molar-refractivity contribution in [2.45, 2.75) is 44.8 Å². The van der Waals surface area contributed by atoms with Gasteiger partial charge in [0.1, 0.15) is 6.61 Å². The molecule has 1 fully saturated rings. The van der Waals surface area contributed by atoms with Crippen LogP contribution in [0.2, 0.25) is 0 Å². The fourth-order valence-corrected chi connectivity index (χ4v) is 3.14. The van der Waals surface area contributed by atoms with Crippen molar-refractivity contribution in [3.63, 3.8) is 0 Å². The van der Waals surface area contributed by atoms with Gasteiger partial charge < -0.3 is 19.5 Å². The van der Waals surface area contributed by atoms with Gasteiger partial charge in [0.15, 0.2) is 18.1 Å². The number of esters is 1. The summed E-state index contributed by atoms with van der Waals surface area (Å²) in [5, 5.41) is 2.95. The number of carbonyl (C=O) groups excluding carboxylic acids is 2. The summed E-state index contributed by atoms with van der Waals surface area (Å²) in [5.41, 5.74) is 0. The molecule has 0 saturated heterocycles. The predicted molar refractivity (Wildman–Crippen MR) is 86.9 cm³/mol. The average Bonchev–Trinajstić information content (AvgIpc) is 2.61. The van der Waals surface area contributed by atoms with E-state index in [1.165, 1.54) is 6.42 Å². The van der Waals surface area contributed by atoms with Crippen molar-refractivity contribution in [3.8, 4) is 11.5 Å². The second-order valence-electron chi connectivity index (χ2n) is 6.41. The molecule has 1 aromatic rings. The third kappa shape index (κ3) is 3.99. The summed E-state index contributed by atoms with van der Waals surface area (Å²) in [6.45, 7) is 1.93. The summed E-state index contributed by atoms with van der Waals surface area (Å²) in [5.74, 6) is 0.720. The minimum atomic E-state index is -0.846. The number of para-hydroxylation sites is 2. The Bertz CT molecular complexity index is 603. The highest BCUT2D eigenvalue weighted by Crippen LogP contribution is 2.31. The Morgan fingerprint density at radius 2 is 1.96 bits per heavy atom. The molecule has 1 heterocycles. The standard InChI is InChI=1S/C18H23NO5/c1-12-6-2-3-7-13(12)19-17(20)11-23-18(21)16-10-22-14-8-4-5-9-15(14)24-16/h4-5,8-9,12-13,16H,2-3,6-7,10-11H2,1H3,(H,19,20)/t12-,13+,16-/m0/s1. The Balaban J connectivity index is 1.45. The van der Waals surface area contributed by atoms with Crippen LogP contribution in [0.5, 0.6) is 11.5 Å². The molecule has 130 valence electrons. The first-order valence-electron chi connectivity index (χ1n) is 8.48. The van der Waals surface area contributed by atoms with E-state index in [1.54, 1.807) is 18.2 Å². The Morgan fingerprint density at radius 3 is 2.75 bits per heavy atom. The van der Waals surface area contributed by atoms with E-state index in [9.17, 15) is 9.59 Å². The van der Waals surface area contributed by atoms with Gasteiger partial charge in [-0.25, -0.2) is 4.79 Å². The molecule has 1 aliphatic carbocycles. The number of nitrogens with one attached hydrogen (secondary N) is 1. The fraction of sp³-hybridized carbons (Fsp3) is 0.556. The van der Waals surface area contributed by atoms with Crippen LogP contribution in [0.3, 0.4) is 0 Å². The number of ether oxygens (including phenoxy) is 3. The Kier molecular flexibility index (Phi) is 5.23. The van der Waals surface area contributed by atoms with Crippen LogP contribution in [0, 0.1) is 5.92 Å². The van der Waals surface area contributed by atoms with Crippen molar-refractivity contribution < 1.29 is 23.8 Å². The summed E-state index contributed by atoms with van der Waals surface area (Å²) >= 11 is 0. The fourth-order valence-electron chi connectivity index (χ4n) is 3.14. The van der Waals surface area contributed by atoms with Crippen LogP contribution in [0.4, 0.5) is 0 Å². The van der Waals surface area contributed by atoms with E-state index in [-0.39, 0.29) is 25.2 Å². The Morgan fingerprint density at radius 1 is 1.21 bits per heavy atom. The molecule has 1 amide bonds. The minimum absolute atomic E-state index is 0.0805. The SMILES string of the molecule is C[C@H]1CCCC[C@H]1NC(=O)COC(=O)[C@@H]1COc2ccccc2O1. The van der Waals surface area contributed by atoms with Gasteiger partial charge in [0.2, 0.25) is 6.10 Å². The number of amides is 1. The van der Waals surface area contributed by atoms with Gasteiger partial charge in [-0.2, -0.15) is 0 Å². The first-order chi connectivity index (χ1) is 11.6. The van der Waals surface area contributed by atoms with E-state index >= 15 is 0 Å². The van der Waals surface area contributed by atoms with E-state index in [0.717, 1.165) is 19.3 Å². The molecule has 1 aromatic carbocycles. The van der Waals surface area contributed by atoms with Gasteiger partial charge in [0.05, 0.1) is 0 Å². The van der Waals surface area contributed by atoms with Gasteiger partial charge in [0.25, 0.3) is 5.91 Å². The zero-order chi connectivity index (χ0) is 16.9. The lowest BCUT2D eigenvalue weighted by Crippen LogP contribution is -2.44. The summed E-state index contributed by atoms with van der Waals surface area (Å²) in [7, 11) is 0. The topological polar surface area (TPSA) is 73.9 Å². The van der Waals surface area contributed by atoms with Gasteiger partial charge in [-0.3, -0.25) is 4.79 Å². The lowest BCUT2D eigenvalue weighted by Gasteiger charge is -2.29. The van der Waals surface area contributed by atoms with Gasteiger partial charge in [0, 0.05) is 6.04 Å². The van der Waals surface area contributed by atoms with Crippen LogP contribution in [-0.2, 0) is 14.3 Å².